The number of benzene rings is 2. The first-order valence-corrected chi connectivity index (χ1v) is 7.49. The molecule has 24 heavy (non-hydrogen) atoms. The van der Waals surface area contributed by atoms with Gasteiger partial charge in [0.2, 0.25) is 0 Å². The second-order valence-corrected chi connectivity index (χ2v) is 5.76. The normalized spacial score (nSPS) is 10.8. The van der Waals surface area contributed by atoms with Crippen molar-refractivity contribution in [2.24, 2.45) is 0 Å². The molecule has 1 aromatic heterocycles. The Kier molecular flexibility index (Phi) is 4.04. The van der Waals surface area contributed by atoms with Gasteiger partial charge in [-0.1, -0.05) is 18.2 Å². The van der Waals surface area contributed by atoms with Gasteiger partial charge in [0.25, 0.3) is 5.56 Å². The number of hydrogen-bond donors (Lipinski definition) is 2. The van der Waals surface area contributed by atoms with Crippen LogP contribution in [0, 0.1) is 13.8 Å². The van der Waals surface area contributed by atoms with E-state index in [4.69, 9.17) is 5.11 Å². The van der Waals surface area contributed by atoms with Gasteiger partial charge >= 0.3 is 6.09 Å². The summed E-state index contributed by atoms with van der Waals surface area (Å²) in [5.41, 5.74) is 4.06. The minimum Gasteiger partial charge on any atom is -0.465 e. The first-order chi connectivity index (χ1) is 11.4. The van der Waals surface area contributed by atoms with E-state index in [1.807, 2.05) is 32.0 Å². The van der Waals surface area contributed by atoms with Crippen LogP contribution in [0.5, 0.6) is 0 Å². The van der Waals surface area contributed by atoms with Crippen LogP contribution in [0.15, 0.2) is 47.5 Å². The third-order valence-corrected chi connectivity index (χ3v) is 4.00. The number of nitrogens with zero attached hydrogens (tertiary/aromatic N) is 2. The van der Waals surface area contributed by atoms with Crippen molar-refractivity contribution in [2.75, 3.05) is 5.32 Å². The molecule has 0 bridgehead atoms. The van der Waals surface area contributed by atoms with Crippen molar-refractivity contribution >= 4 is 22.7 Å². The largest absolute Gasteiger partial charge is 0.465 e. The Bertz CT molecular complexity index is 992. The minimum absolute atomic E-state index is 0.202. The SMILES string of the molecule is Cc1ccc(Cn2cnc3ccc(NC(=O)O)cc3c2=O)cc1C. The van der Waals surface area contributed by atoms with Crippen molar-refractivity contribution in [1.29, 1.82) is 0 Å². The molecule has 0 atom stereocenters. The molecule has 0 aliphatic heterocycles. The van der Waals surface area contributed by atoms with Crippen LogP contribution in [-0.4, -0.2) is 20.8 Å². The van der Waals surface area contributed by atoms with Crippen molar-refractivity contribution < 1.29 is 9.90 Å². The van der Waals surface area contributed by atoms with Crippen LogP contribution in [0.25, 0.3) is 10.9 Å². The number of aryl methyl sites for hydroxylation is 2. The maximum atomic E-state index is 12.7. The lowest BCUT2D eigenvalue weighted by Gasteiger charge is -2.09. The third kappa shape index (κ3) is 3.12. The fourth-order valence-corrected chi connectivity index (χ4v) is 2.57. The topological polar surface area (TPSA) is 84.2 Å². The summed E-state index contributed by atoms with van der Waals surface area (Å²) >= 11 is 0. The molecule has 122 valence electrons. The molecule has 1 heterocycles. The zero-order valence-corrected chi connectivity index (χ0v) is 13.4. The van der Waals surface area contributed by atoms with Crippen LogP contribution in [0.4, 0.5) is 10.5 Å². The van der Waals surface area contributed by atoms with E-state index >= 15 is 0 Å². The smallest absolute Gasteiger partial charge is 0.409 e. The van der Waals surface area contributed by atoms with E-state index in [9.17, 15) is 9.59 Å². The lowest BCUT2D eigenvalue weighted by atomic mass is 10.1. The monoisotopic (exact) mass is 323 g/mol. The molecule has 2 N–H and O–H groups in total. The molecule has 0 aliphatic rings. The van der Waals surface area contributed by atoms with E-state index in [2.05, 4.69) is 10.3 Å². The zero-order chi connectivity index (χ0) is 17.3. The summed E-state index contributed by atoms with van der Waals surface area (Å²) in [5.74, 6) is 0. The van der Waals surface area contributed by atoms with Gasteiger partial charge in [-0.05, 0) is 48.7 Å². The summed E-state index contributed by atoms with van der Waals surface area (Å²) in [6.07, 6.45) is 0.346. The number of rotatable bonds is 3. The van der Waals surface area contributed by atoms with Crippen LogP contribution < -0.4 is 10.9 Å². The summed E-state index contributed by atoms with van der Waals surface area (Å²) in [6, 6.07) is 10.8. The van der Waals surface area contributed by atoms with Gasteiger partial charge < -0.3 is 5.11 Å². The van der Waals surface area contributed by atoms with Crippen LogP contribution in [0.1, 0.15) is 16.7 Å². The average Bonchev–Trinajstić information content (AvgIpc) is 2.53. The molecular weight excluding hydrogens is 306 g/mol. The van der Waals surface area contributed by atoms with E-state index in [1.165, 1.54) is 28.1 Å². The van der Waals surface area contributed by atoms with Gasteiger partial charge in [0.05, 0.1) is 23.8 Å². The van der Waals surface area contributed by atoms with Crippen LogP contribution in [0.2, 0.25) is 0 Å². The van der Waals surface area contributed by atoms with Crippen LogP contribution in [0.3, 0.4) is 0 Å². The van der Waals surface area contributed by atoms with Gasteiger partial charge in [0.15, 0.2) is 0 Å². The number of fused-ring (bicyclic) bond motifs is 1. The van der Waals surface area contributed by atoms with Crippen molar-refractivity contribution in [2.45, 2.75) is 20.4 Å². The molecule has 1 amide bonds. The second-order valence-electron chi connectivity index (χ2n) is 5.76. The van der Waals surface area contributed by atoms with Crippen molar-refractivity contribution in [3.63, 3.8) is 0 Å². The van der Waals surface area contributed by atoms with Crippen LogP contribution >= 0.6 is 0 Å². The molecule has 3 aromatic rings. The number of anilines is 1. The molecule has 3 rings (SSSR count). The molecule has 0 saturated carbocycles. The van der Waals surface area contributed by atoms with Gasteiger partial charge in [-0.2, -0.15) is 0 Å². The fourth-order valence-electron chi connectivity index (χ4n) is 2.57. The highest BCUT2D eigenvalue weighted by Gasteiger charge is 2.07. The molecule has 0 radical (unpaired) electrons. The van der Waals surface area contributed by atoms with E-state index in [-0.39, 0.29) is 5.56 Å². The Morgan fingerprint density at radius 3 is 2.67 bits per heavy atom. The van der Waals surface area contributed by atoms with Gasteiger partial charge in [-0.3, -0.25) is 14.7 Å². The standard InChI is InChI=1S/C18H17N3O3/c1-11-3-4-13(7-12(11)2)9-21-10-19-16-6-5-14(20-18(23)24)8-15(16)17(21)22/h3-8,10,20H,9H2,1-2H3,(H,23,24). The molecule has 0 aliphatic carbocycles. The number of aromatic nitrogens is 2. The highest BCUT2D eigenvalue weighted by Crippen LogP contribution is 2.15. The highest BCUT2D eigenvalue weighted by atomic mass is 16.4. The van der Waals surface area contributed by atoms with Crippen molar-refractivity contribution in [1.82, 2.24) is 9.55 Å². The molecule has 6 heteroatoms. The number of carboxylic acid groups (broad SMARTS) is 1. The highest BCUT2D eigenvalue weighted by molar-refractivity contribution is 5.88. The Morgan fingerprint density at radius 2 is 1.96 bits per heavy atom. The molecule has 6 nitrogen and oxygen atoms in total. The van der Waals surface area contributed by atoms with Gasteiger partial charge in [0, 0.05) is 5.69 Å². The first-order valence-electron chi connectivity index (χ1n) is 7.49. The van der Waals surface area contributed by atoms with Gasteiger partial charge in [-0.25, -0.2) is 9.78 Å². The Morgan fingerprint density at radius 1 is 1.17 bits per heavy atom. The molecule has 0 spiro atoms. The summed E-state index contributed by atoms with van der Waals surface area (Å²) in [7, 11) is 0. The number of hydrogen-bond acceptors (Lipinski definition) is 3. The molecular formula is C18H17N3O3. The van der Waals surface area contributed by atoms with Crippen molar-refractivity contribution in [3.05, 3.63) is 69.8 Å². The predicted octanol–water partition coefficient (Wildman–Crippen LogP) is 3.15. The third-order valence-electron chi connectivity index (χ3n) is 4.00. The fraction of sp³-hybridized carbons (Fsp3) is 0.167. The minimum atomic E-state index is -1.17. The predicted molar refractivity (Wildman–Crippen MR) is 92.7 cm³/mol. The maximum absolute atomic E-state index is 12.7. The van der Waals surface area contributed by atoms with Gasteiger partial charge in [0.1, 0.15) is 0 Å². The number of nitrogens with one attached hydrogen (secondary N) is 1. The van der Waals surface area contributed by atoms with E-state index < -0.39 is 6.09 Å². The first kappa shape index (κ1) is 15.7. The second kappa shape index (κ2) is 6.16. The summed E-state index contributed by atoms with van der Waals surface area (Å²) < 4.78 is 1.52. The van der Waals surface area contributed by atoms with E-state index in [0.29, 0.717) is 23.1 Å². The zero-order valence-electron chi connectivity index (χ0n) is 13.4. The molecule has 2 aromatic carbocycles. The van der Waals surface area contributed by atoms with Crippen molar-refractivity contribution in [3.8, 4) is 0 Å². The Balaban J connectivity index is 2.02. The average molecular weight is 323 g/mol. The summed E-state index contributed by atoms with van der Waals surface area (Å²) in [5, 5.41) is 11.4. The van der Waals surface area contributed by atoms with Gasteiger partial charge in [-0.15, -0.1) is 0 Å². The molecule has 0 fully saturated rings. The lowest BCUT2D eigenvalue weighted by molar-refractivity contribution is 0.210. The molecule has 0 unspecified atom stereocenters. The number of carbonyl (C=O) groups is 1. The maximum Gasteiger partial charge on any atom is 0.409 e. The van der Waals surface area contributed by atoms with E-state index in [1.54, 1.807) is 12.1 Å². The van der Waals surface area contributed by atoms with E-state index in [0.717, 1.165) is 5.56 Å². The Hall–Kier alpha value is -3.15. The summed E-state index contributed by atoms with van der Waals surface area (Å²) in [6.45, 7) is 4.49. The molecule has 0 saturated heterocycles. The Labute approximate surface area is 138 Å². The lowest BCUT2D eigenvalue weighted by Crippen LogP contribution is -2.21. The number of amides is 1. The summed E-state index contributed by atoms with van der Waals surface area (Å²) in [4.78, 5) is 27.7. The quantitative estimate of drug-likeness (QED) is 0.775. The van der Waals surface area contributed by atoms with Crippen LogP contribution in [-0.2, 0) is 6.54 Å².